The van der Waals surface area contributed by atoms with E-state index in [2.05, 4.69) is 33.9 Å². The van der Waals surface area contributed by atoms with Gasteiger partial charge >= 0.3 is 0 Å². The summed E-state index contributed by atoms with van der Waals surface area (Å²) in [6.45, 7) is 1.97. The van der Waals surface area contributed by atoms with E-state index in [0.29, 0.717) is 5.56 Å². The van der Waals surface area contributed by atoms with Crippen LogP contribution in [0.2, 0.25) is 0 Å². The molecule has 0 spiro atoms. The van der Waals surface area contributed by atoms with Crippen LogP contribution in [0.4, 0.5) is 5.69 Å². The van der Waals surface area contributed by atoms with Gasteiger partial charge in [0.05, 0.1) is 17.4 Å². The molecule has 0 fully saturated rings. The quantitative estimate of drug-likeness (QED) is 0.559. The van der Waals surface area contributed by atoms with Crippen LogP contribution in [0.1, 0.15) is 16.8 Å². The molecule has 0 aliphatic rings. The van der Waals surface area contributed by atoms with Gasteiger partial charge in [0.15, 0.2) is 0 Å². The van der Waals surface area contributed by atoms with Crippen molar-refractivity contribution in [2.45, 2.75) is 13.0 Å². The molecule has 4 aromatic rings. The lowest BCUT2D eigenvalue weighted by Crippen LogP contribution is -2.14. The number of aryl methyl sites for hydroxylation is 2. The van der Waals surface area contributed by atoms with Gasteiger partial charge in [-0.25, -0.2) is 4.98 Å². The molecule has 4 rings (SSSR count). The summed E-state index contributed by atoms with van der Waals surface area (Å²) in [6, 6.07) is 13.7. The highest BCUT2D eigenvalue weighted by molar-refractivity contribution is 6.06. The van der Waals surface area contributed by atoms with Crippen molar-refractivity contribution < 1.29 is 4.79 Å². The van der Waals surface area contributed by atoms with Gasteiger partial charge in [-0.1, -0.05) is 0 Å². The SMILES string of the molecule is CN(C)CCCn1cnc2cc(NC(=O)c3ccc4c(ccn4C)c3)ccc21. The molecule has 0 atom stereocenters. The maximum atomic E-state index is 12.7. The molecule has 0 radical (unpaired) electrons. The van der Waals surface area contributed by atoms with Gasteiger partial charge in [-0.3, -0.25) is 4.79 Å². The summed E-state index contributed by atoms with van der Waals surface area (Å²) in [6.07, 6.45) is 4.93. The molecule has 6 heteroatoms. The molecule has 2 aromatic carbocycles. The third-order valence-electron chi connectivity index (χ3n) is 5.03. The lowest BCUT2D eigenvalue weighted by Gasteiger charge is -2.10. The second-order valence-electron chi connectivity index (χ2n) is 7.45. The van der Waals surface area contributed by atoms with Gasteiger partial charge in [-0.2, -0.15) is 0 Å². The minimum absolute atomic E-state index is 0.115. The molecule has 0 aliphatic heterocycles. The minimum Gasteiger partial charge on any atom is -0.351 e. The highest BCUT2D eigenvalue weighted by Crippen LogP contribution is 2.21. The van der Waals surface area contributed by atoms with Crippen LogP contribution in [-0.4, -0.2) is 45.6 Å². The number of fused-ring (bicyclic) bond motifs is 2. The fraction of sp³-hybridized carbons (Fsp3) is 0.273. The third kappa shape index (κ3) is 3.64. The predicted octanol–water partition coefficient (Wildman–Crippen LogP) is 3.73. The Morgan fingerprint density at radius 1 is 1.11 bits per heavy atom. The largest absolute Gasteiger partial charge is 0.351 e. The molecule has 0 saturated heterocycles. The summed E-state index contributed by atoms with van der Waals surface area (Å²) in [5, 5.41) is 4.05. The molecule has 2 heterocycles. The van der Waals surface area contributed by atoms with Gasteiger partial charge in [-0.05, 0) is 69.5 Å². The first kappa shape index (κ1) is 18.3. The van der Waals surface area contributed by atoms with Crippen molar-refractivity contribution in [3.63, 3.8) is 0 Å². The Labute approximate surface area is 164 Å². The molecule has 1 N–H and O–H groups in total. The number of benzene rings is 2. The highest BCUT2D eigenvalue weighted by Gasteiger charge is 2.10. The molecular formula is C22H25N5O. The van der Waals surface area contributed by atoms with E-state index in [0.717, 1.165) is 47.1 Å². The second kappa shape index (κ2) is 7.48. The molecule has 0 aliphatic carbocycles. The lowest BCUT2D eigenvalue weighted by atomic mass is 10.1. The predicted molar refractivity (Wildman–Crippen MR) is 114 cm³/mol. The van der Waals surface area contributed by atoms with Gasteiger partial charge in [-0.15, -0.1) is 0 Å². The van der Waals surface area contributed by atoms with E-state index < -0.39 is 0 Å². The van der Waals surface area contributed by atoms with E-state index in [4.69, 9.17) is 0 Å². The van der Waals surface area contributed by atoms with E-state index in [-0.39, 0.29) is 5.91 Å². The second-order valence-corrected chi connectivity index (χ2v) is 7.45. The number of rotatable bonds is 6. The van der Waals surface area contributed by atoms with Crippen LogP contribution in [0.5, 0.6) is 0 Å². The van der Waals surface area contributed by atoms with Crippen molar-refractivity contribution in [2.24, 2.45) is 7.05 Å². The van der Waals surface area contributed by atoms with Crippen LogP contribution >= 0.6 is 0 Å². The number of carbonyl (C=O) groups excluding carboxylic acids is 1. The van der Waals surface area contributed by atoms with Crippen molar-refractivity contribution in [1.82, 2.24) is 19.0 Å². The normalized spacial score (nSPS) is 11.6. The molecule has 6 nitrogen and oxygen atoms in total. The van der Waals surface area contributed by atoms with Crippen molar-refractivity contribution in [2.75, 3.05) is 26.0 Å². The van der Waals surface area contributed by atoms with E-state index in [1.165, 1.54) is 0 Å². The van der Waals surface area contributed by atoms with Gasteiger partial charge in [0, 0.05) is 41.9 Å². The van der Waals surface area contributed by atoms with Crippen molar-refractivity contribution in [3.05, 3.63) is 60.6 Å². The van der Waals surface area contributed by atoms with Crippen LogP contribution in [0.25, 0.3) is 21.9 Å². The average Bonchev–Trinajstić information content (AvgIpc) is 3.24. The first-order valence-electron chi connectivity index (χ1n) is 9.47. The number of anilines is 1. The van der Waals surface area contributed by atoms with E-state index in [1.807, 2.05) is 66.6 Å². The minimum atomic E-state index is -0.115. The summed E-state index contributed by atoms with van der Waals surface area (Å²) < 4.78 is 4.20. The standard InChI is InChI=1S/C22H25N5O/c1-25(2)10-4-11-27-15-23-19-14-18(6-8-21(19)27)24-22(28)17-5-7-20-16(13-17)9-12-26(20)3/h5-9,12-15H,4,10-11H2,1-3H3,(H,24,28). The van der Waals surface area contributed by atoms with E-state index >= 15 is 0 Å². The number of carbonyl (C=O) groups is 1. The highest BCUT2D eigenvalue weighted by atomic mass is 16.1. The zero-order valence-corrected chi connectivity index (χ0v) is 16.5. The third-order valence-corrected chi connectivity index (χ3v) is 5.03. The van der Waals surface area contributed by atoms with E-state index in [9.17, 15) is 4.79 Å². The Balaban J connectivity index is 1.50. The van der Waals surface area contributed by atoms with Crippen molar-refractivity contribution in [3.8, 4) is 0 Å². The Kier molecular flexibility index (Phi) is 4.88. The van der Waals surface area contributed by atoms with Crippen LogP contribution in [0, 0.1) is 0 Å². The molecule has 28 heavy (non-hydrogen) atoms. The van der Waals surface area contributed by atoms with E-state index in [1.54, 1.807) is 0 Å². The maximum absolute atomic E-state index is 12.7. The van der Waals surface area contributed by atoms with Gasteiger partial charge in [0.2, 0.25) is 0 Å². The van der Waals surface area contributed by atoms with Gasteiger partial charge in [0.25, 0.3) is 5.91 Å². The molecule has 0 unspecified atom stereocenters. The number of hydrogen-bond acceptors (Lipinski definition) is 3. The Morgan fingerprint density at radius 2 is 1.93 bits per heavy atom. The molecule has 2 aromatic heterocycles. The summed E-state index contributed by atoms with van der Waals surface area (Å²) in [4.78, 5) is 19.3. The smallest absolute Gasteiger partial charge is 0.255 e. The molecule has 0 saturated carbocycles. The fourth-order valence-electron chi connectivity index (χ4n) is 3.50. The number of amides is 1. The van der Waals surface area contributed by atoms with Gasteiger partial charge < -0.3 is 19.4 Å². The zero-order valence-electron chi connectivity index (χ0n) is 16.5. The summed E-state index contributed by atoms with van der Waals surface area (Å²) in [7, 11) is 6.16. The first-order valence-corrected chi connectivity index (χ1v) is 9.47. The number of imidazole rings is 1. The monoisotopic (exact) mass is 375 g/mol. The van der Waals surface area contributed by atoms with Crippen LogP contribution < -0.4 is 5.32 Å². The summed E-state index contributed by atoms with van der Waals surface area (Å²) >= 11 is 0. The average molecular weight is 375 g/mol. The Morgan fingerprint density at radius 3 is 2.75 bits per heavy atom. The van der Waals surface area contributed by atoms with Crippen LogP contribution in [-0.2, 0) is 13.6 Å². The topological polar surface area (TPSA) is 55.1 Å². The zero-order chi connectivity index (χ0) is 19.7. The van der Waals surface area contributed by atoms with Crippen LogP contribution in [0.3, 0.4) is 0 Å². The van der Waals surface area contributed by atoms with Crippen LogP contribution in [0.15, 0.2) is 55.0 Å². The number of nitrogens with one attached hydrogen (secondary N) is 1. The number of nitrogens with zero attached hydrogens (tertiary/aromatic N) is 4. The fourth-order valence-corrected chi connectivity index (χ4v) is 3.50. The summed E-state index contributed by atoms with van der Waals surface area (Å²) in [5.41, 5.74) is 4.48. The number of hydrogen-bond donors (Lipinski definition) is 1. The number of aromatic nitrogens is 3. The van der Waals surface area contributed by atoms with Crippen molar-refractivity contribution in [1.29, 1.82) is 0 Å². The molecule has 144 valence electrons. The molecule has 1 amide bonds. The molecular weight excluding hydrogens is 350 g/mol. The lowest BCUT2D eigenvalue weighted by molar-refractivity contribution is 0.102. The molecule has 0 bridgehead atoms. The summed E-state index contributed by atoms with van der Waals surface area (Å²) in [5.74, 6) is -0.115. The van der Waals surface area contributed by atoms with Gasteiger partial charge in [0.1, 0.15) is 0 Å². The Bertz CT molecular complexity index is 1140. The van der Waals surface area contributed by atoms with Crippen molar-refractivity contribution >= 4 is 33.5 Å². The first-order chi connectivity index (χ1) is 13.5. The maximum Gasteiger partial charge on any atom is 0.255 e. The Hall–Kier alpha value is -3.12.